The van der Waals surface area contributed by atoms with Gasteiger partial charge in [-0.25, -0.2) is 0 Å². The molecule has 6 fully saturated rings. The second-order valence-electron chi connectivity index (χ2n) is 17.0. The van der Waals surface area contributed by atoms with Gasteiger partial charge in [-0.3, -0.25) is 4.79 Å². The Morgan fingerprint density at radius 1 is 0.875 bits per heavy atom. The van der Waals surface area contributed by atoms with E-state index in [1.165, 1.54) is 70.0 Å². The Morgan fingerprint density at radius 2 is 1.60 bits per heavy atom. The number of aliphatic hydroxyl groups excluding tert-OH is 1. The third kappa shape index (κ3) is 3.92. The van der Waals surface area contributed by atoms with Crippen LogP contribution in [0.25, 0.3) is 0 Å². The molecule has 10 atom stereocenters. The fourth-order valence-electron chi connectivity index (χ4n) is 13.0. The number of nitrogens with one attached hydrogen (secondary N) is 1. The van der Waals surface area contributed by atoms with Crippen molar-refractivity contribution in [2.24, 2.45) is 56.7 Å². The van der Waals surface area contributed by atoms with Gasteiger partial charge in [0.15, 0.2) is 0 Å². The normalized spacial score (nSPS) is 49.9. The van der Waals surface area contributed by atoms with E-state index in [4.69, 9.17) is 0 Å². The zero-order chi connectivity index (χ0) is 28.7. The van der Waals surface area contributed by atoms with Crippen molar-refractivity contribution < 1.29 is 9.90 Å². The summed E-state index contributed by atoms with van der Waals surface area (Å²) < 4.78 is 0. The lowest BCUT2D eigenvalue weighted by atomic mass is 9.32. The Labute approximate surface area is 245 Å². The molecule has 0 spiro atoms. The zero-order valence-corrected chi connectivity index (χ0v) is 26.8. The largest absolute Gasteiger partial charge is 0.393 e. The van der Waals surface area contributed by atoms with E-state index in [1.54, 1.807) is 0 Å². The Kier molecular flexibility index (Phi) is 7.18. The number of fused-ring (bicyclic) bond motifs is 7. The second kappa shape index (κ2) is 9.83. The van der Waals surface area contributed by atoms with Crippen LogP contribution in [0.4, 0.5) is 0 Å². The number of amides is 1. The molecular formula is C36H60N2O2. The highest BCUT2D eigenvalue weighted by Gasteiger charge is 2.71. The van der Waals surface area contributed by atoms with Gasteiger partial charge in [-0.2, -0.15) is 0 Å². The molecule has 0 aromatic rings. The summed E-state index contributed by atoms with van der Waals surface area (Å²) in [7, 11) is 0. The number of rotatable bonds is 5. The van der Waals surface area contributed by atoms with Crippen molar-refractivity contribution in [3.05, 3.63) is 12.2 Å². The van der Waals surface area contributed by atoms with Crippen molar-refractivity contribution in [3.63, 3.8) is 0 Å². The van der Waals surface area contributed by atoms with Crippen LogP contribution in [0.15, 0.2) is 12.2 Å². The van der Waals surface area contributed by atoms with E-state index in [9.17, 15) is 9.90 Å². The SMILES string of the molecule is C=C(C)[C@@H]1CC[C@]2(C(=O)NCCN3CCCC3)CC[C@]3(C)[C@H](CC[C@@H]4[C@@]5(C)CC[C@H](O)C(C)(C)[C@@H]5CC[C@]43C)[C@@H]12. The van der Waals surface area contributed by atoms with Crippen molar-refractivity contribution in [2.45, 2.75) is 125 Å². The minimum absolute atomic E-state index is 0.00252. The summed E-state index contributed by atoms with van der Waals surface area (Å²) in [5.74, 6) is 3.18. The first kappa shape index (κ1) is 29.2. The molecule has 5 aliphatic carbocycles. The van der Waals surface area contributed by atoms with Gasteiger partial charge >= 0.3 is 0 Å². The quantitative estimate of drug-likeness (QED) is 0.354. The zero-order valence-electron chi connectivity index (χ0n) is 26.8. The molecule has 1 aliphatic heterocycles. The van der Waals surface area contributed by atoms with Gasteiger partial charge < -0.3 is 15.3 Å². The van der Waals surface area contributed by atoms with Crippen molar-refractivity contribution in [3.8, 4) is 0 Å². The van der Waals surface area contributed by atoms with Crippen LogP contribution < -0.4 is 5.32 Å². The van der Waals surface area contributed by atoms with Crippen LogP contribution in [0.2, 0.25) is 0 Å². The highest BCUT2D eigenvalue weighted by molar-refractivity contribution is 5.84. The van der Waals surface area contributed by atoms with E-state index in [-0.39, 0.29) is 22.3 Å². The van der Waals surface area contributed by atoms with Crippen LogP contribution in [0, 0.1) is 56.7 Å². The number of carbonyl (C=O) groups is 1. The summed E-state index contributed by atoms with van der Waals surface area (Å²) >= 11 is 0. The summed E-state index contributed by atoms with van der Waals surface area (Å²) in [6, 6.07) is 0. The van der Waals surface area contributed by atoms with Crippen molar-refractivity contribution in [2.75, 3.05) is 26.2 Å². The summed E-state index contributed by atoms with van der Waals surface area (Å²) in [6.45, 7) is 23.6. The number of hydrogen-bond donors (Lipinski definition) is 2. The van der Waals surface area contributed by atoms with Crippen molar-refractivity contribution >= 4 is 5.91 Å². The van der Waals surface area contributed by atoms with Crippen molar-refractivity contribution in [1.29, 1.82) is 0 Å². The highest BCUT2D eigenvalue weighted by atomic mass is 16.3. The summed E-state index contributed by atoms with van der Waals surface area (Å²) in [5, 5.41) is 14.5. The number of aliphatic hydroxyl groups is 1. The van der Waals surface area contributed by atoms with Gasteiger partial charge in [-0.05, 0) is 148 Å². The molecule has 40 heavy (non-hydrogen) atoms. The number of nitrogens with zero attached hydrogens (tertiary/aromatic N) is 1. The minimum Gasteiger partial charge on any atom is -0.393 e. The lowest BCUT2D eigenvalue weighted by molar-refractivity contribution is -0.246. The fourth-order valence-corrected chi connectivity index (χ4v) is 13.0. The maximum absolute atomic E-state index is 14.2. The monoisotopic (exact) mass is 552 g/mol. The first-order valence-corrected chi connectivity index (χ1v) is 17.2. The van der Waals surface area contributed by atoms with Crippen LogP contribution in [0.5, 0.6) is 0 Å². The highest BCUT2D eigenvalue weighted by Crippen LogP contribution is 2.77. The van der Waals surface area contributed by atoms with E-state index in [0.29, 0.717) is 46.3 Å². The smallest absolute Gasteiger partial charge is 0.226 e. The molecule has 4 nitrogen and oxygen atoms in total. The third-order valence-corrected chi connectivity index (χ3v) is 15.4. The maximum atomic E-state index is 14.2. The van der Waals surface area contributed by atoms with E-state index < -0.39 is 0 Å². The molecule has 1 heterocycles. The summed E-state index contributed by atoms with van der Waals surface area (Å²) in [5.41, 5.74) is 1.95. The van der Waals surface area contributed by atoms with Gasteiger partial charge in [-0.1, -0.05) is 46.8 Å². The van der Waals surface area contributed by atoms with Crippen LogP contribution in [0.3, 0.4) is 0 Å². The van der Waals surface area contributed by atoms with Gasteiger partial charge in [0.2, 0.25) is 5.91 Å². The Bertz CT molecular complexity index is 1020. The molecule has 226 valence electrons. The van der Waals surface area contributed by atoms with E-state index in [0.717, 1.165) is 38.8 Å². The molecule has 0 bridgehead atoms. The van der Waals surface area contributed by atoms with Crippen LogP contribution in [-0.2, 0) is 4.79 Å². The van der Waals surface area contributed by atoms with E-state index >= 15 is 0 Å². The van der Waals surface area contributed by atoms with Gasteiger partial charge in [0.1, 0.15) is 0 Å². The first-order valence-electron chi connectivity index (χ1n) is 17.2. The molecule has 2 N–H and O–H groups in total. The Hall–Kier alpha value is -0.870. The van der Waals surface area contributed by atoms with Crippen molar-refractivity contribution in [1.82, 2.24) is 10.2 Å². The average molecular weight is 553 g/mol. The molecule has 5 saturated carbocycles. The lowest BCUT2D eigenvalue weighted by Crippen LogP contribution is -2.67. The molecule has 6 rings (SSSR count). The lowest BCUT2D eigenvalue weighted by Gasteiger charge is -2.72. The van der Waals surface area contributed by atoms with E-state index in [1.807, 2.05) is 0 Å². The standard InChI is InChI=1S/C36H60N2O2/c1-24(2)25-12-17-36(31(40)37-20-23-38-21-8-9-22-38)19-18-34(6)26(30(25)36)10-11-28-33(5)15-14-29(39)32(3,4)27(33)13-16-35(28,34)7/h25-30,39H,1,8-23H2,2-7H3,(H,37,40)/t25-,26+,27-,28+,29-,30+,33-,34+,35+,36-/m0/s1. The fraction of sp³-hybridized carbons (Fsp3) is 0.917. The van der Waals surface area contributed by atoms with Crippen LogP contribution >= 0.6 is 0 Å². The Morgan fingerprint density at radius 3 is 2.30 bits per heavy atom. The van der Waals surface area contributed by atoms with Gasteiger partial charge in [-0.15, -0.1) is 0 Å². The predicted octanol–water partition coefficient (Wildman–Crippen LogP) is 7.22. The number of likely N-dealkylation sites (tertiary alicyclic amines) is 1. The Balaban J connectivity index is 1.30. The first-order chi connectivity index (χ1) is 18.8. The number of hydrogen-bond acceptors (Lipinski definition) is 3. The molecule has 1 amide bonds. The minimum atomic E-state index is -0.208. The molecule has 0 radical (unpaired) electrons. The van der Waals surface area contributed by atoms with Gasteiger partial charge in [0, 0.05) is 13.1 Å². The molecule has 1 saturated heterocycles. The average Bonchev–Trinajstić information content (AvgIpc) is 3.56. The molecule has 0 unspecified atom stereocenters. The predicted molar refractivity (Wildman–Crippen MR) is 164 cm³/mol. The topological polar surface area (TPSA) is 52.6 Å². The molecule has 0 aromatic carbocycles. The van der Waals surface area contributed by atoms with Crippen LogP contribution in [0.1, 0.15) is 119 Å². The second-order valence-corrected chi connectivity index (χ2v) is 17.0. The summed E-state index contributed by atoms with van der Waals surface area (Å²) in [4.78, 5) is 16.8. The third-order valence-electron chi connectivity index (χ3n) is 15.4. The molecular weight excluding hydrogens is 492 g/mol. The van der Waals surface area contributed by atoms with Crippen LogP contribution in [-0.4, -0.2) is 48.2 Å². The van der Waals surface area contributed by atoms with Gasteiger partial charge in [0.05, 0.1) is 11.5 Å². The van der Waals surface area contributed by atoms with Gasteiger partial charge in [0.25, 0.3) is 0 Å². The molecule has 0 aromatic heterocycles. The number of carbonyl (C=O) groups excluding carboxylic acids is 1. The molecule has 6 aliphatic rings. The number of allylic oxidation sites excluding steroid dienone is 1. The summed E-state index contributed by atoms with van der Waals surface area (Å²) in [6.07, 6.45) is 14.1. The van der Waals surface area contributed by atoms with E-state index in [2.05, 4.69) is 58.3 Å². The molecule has 4 heteroatoms. The maximum Gasteiger partial charge on any atom is 0.226 e.